The van der Waals surface area contributed by atoms with E-state index in [0.717, 1.165) is 23.7 Å². The normalized spacial score (nSPS) is 10.1. The lowest BCUT2D eigenvalue weighted by atomic mass is 10.2. The summed E-state index contributed by atoms with van der Waals surface area (Å²) < 4.78 is 0. The number of nitrogens with one attached hydrogen (secondary N) is 2. The van der Waals surface area contributed by atoms with Crippen molar-refractivity contribution in [1.29, 1.82) is 0 Å². The van der Waals surface area contributed by atoms with Crippen molar-refractivity contribution in [1.82, 2.24) is 15.5 Å². The van der Waals surface area contributed by atoms with Crippen LogP contribution in [0.2, 0.25) is 0 Å². The molecular formula is C12H17ClN4O. The van der Waals surface area contributed by atoms with Gasteiger partial charge in [0.1, 0.15) is 0 Å². The molecule has 6 heteroatoms. The Hall–Kier alpha value is -1.59. The first-order chi connectivity index (χ1) is 8.33. The molecule has 1 aromatic heterocycles. The molecule has 0 atom stereocenters. The van der Waals surface area contributed by atoms with E-state index in [4.69, 9.17) is 5.73 Å². The predicted octanol–water partition coefficient (Wildman–Crippen LogP) is 1.45. The molecule has 0 fully saturated rings. The number of unbranched alkanes of at least 4 members (excludes halogenated alkanes) is 1. The highest BCUT2D eigenvalue weighted by molar-refractivity contribution is 6.04. The summed E-state index contributed by atoms with van der Waals surface area (Å²) in [6.45, 7) is 1.29. The van der Waals surface area contributed by atoms with E-state index in [-0.39, 0.29) is 18.3 Å². The zero-order valence-electron chi connectivity index (χ0n) is 9.98. The number of hydrogen-bond acceptors (Lipinski definition) is 3. The number of carbonyl (C=O) groups excluding carboxylic acids is 1. The minimum Gasteiger partial charge on any atom is -0.351 e. The third kappa shape index (κ3) is 3.21. The number of aromatic nitrogens is 2. The summed E-state index contributed by atoms with van der Waals surface area (Å²) in [5.41, 5.74) is 6.71. The van der Waals surface area contributed by atoms with Crippen molar-refractivity contribution in [3.8, 4) is 0 Å². The fraction of sp³-hybridized carbons (Fsp3) is 0.333. The molecule has 0 spiro atoms. The number of nitrogens with zero attached hydrogens (tertiary/aromatic N) is 1. The summed E-state index contributed by atoms with van der Waals surface area (Å²) in [7, 11) is 0. The van der Waals surface area contributed by atoms with Crippen LogP contribution in [0.4, 0.5) is 0 Å². The monoisotopic (exact) mass is 268 g/mol. The molecule has 0 unspecified atom stereocenters. The van der Waals surface area contributed by atoms with E-state index in [1.165, 1.54) is 0 Å². The second kappa shape index (κ2) is 6.98. The standard InChI is InChI=1S/C12H16N4O.ClH/c13-7-3-4-8-14-12(17)11-9-5-1-2-6-10(9)15-16-11;/h1-2,5-6H,3-4,7-8,13H2,(H,14,17)(H,15,16);1H. The molecule has 1 amide bonds. The minimum atomic E-state index is -0.139. The molecule has 1 heterocycles. The molecule has 0 saturated heterocycles. The van der Waals surface area contributed by atoms with Crippen LogP contribution in [0.25, 0.3) is 10.9 Å². The number of halogens is 1. The highest BCUT2D eigenvalue weighted by Gasteiger charge is 2.12. The number of H-pyrrole nitrogens is 1. The fourth-order valence-electron chi connectivity index (χ4n) is 1.69. The third-order valence-electron chi connectivity index (χ3n) is 2.60. The van der Waals surface area contributed by atoms with Crippen molar-refractivity contribution < 1.29 is 4.79 Å². The van der Waals surface area contributed by atoms with Gasteiger partial charge in [-0.3, -0.25) is 9.89 Å². The van der Waals surface area contributed by atoms with Gasteiger partial charge >= 0.3 is 0 Å². The van der Waals surface area contributed by atoms with E-state index in [2.05, 4.69) is 15.5 Å². The van der Waals surface area contributed by atoms with Gasteiger partial charge in [-0.05, 0) is 25.5 Å². The zero-order chi connectivity index (χ0) is 12.1. The molecule has 2 aromatic rings. The molecule has 98 valence electrons. The first kappa shape index (κ1) is 14.5. The minimum absolute atomic E-state index is 0. The number of aromatic amines is 1. The smallest absolute Gasteiger partial charge is 0.272 e. The highest BCUT2D eigenvalue weighted by atomic mass is 35.5. The molecule has 5 nitrogen and oxygen atoms in total. The van der Waals surface area contributed by atoms with E-state index in [9.17, 15) is 4.79 Å². The van der Waals surface area contributed by atoms with Crippen LogP contribution in [-0.4, -0.2) is 29.2 Å². The van der Waals surface area contributed by atoms with Gasteiger partial charge in [0.15, 0.2) is 5.69 Å². The molecule has 2 rings (SSSR count). The number of nitrogens with two attached hydrogens (primary N) is 1. The summed E-state index contributed by atoms with van der Waals surface area (Å²) in [6.07, 6.45) is 1.81. The molecule has 18 heavy (non-hydrogen) atoms. The molecule has 0 bridgehead atoms. The van der Waals surface area contributed by atoms with Crippen LogP contribution in [0.1, 0.15) is 23.3 Å². The summed E-state index contributed by atoms with van der Waals surface area (Å²) in [5, 5.41) is 10.6. The lowest BCUT2D eigenvalue weighted by molar-refractivity contribution is 0.0949. The molecule has 0 radical (unpaired) electrons. The first-order valence-corrected chi connectivity index (χ1v) is 5.74. The predicted molar refractivity (Wildman–Crippen MR) is 74.0 cm³/mol. The average molecular weight is 269 g/mol. The van der Waals surface area contributed by atoms with Crippen molar-refractivity contribution in [2.75, 3.05) is 13.1 Å². The number of rotatable bonds is 5. The van der Waals surface area contributed by atoms with Gasteiger partial charge in [-0.2, -0.15) is 5.10 Å². The second-order valence-electron chi connectivity index (χ2n) is 3.87. The lowest BCUT2D eigenvalue weighted by Gasteiger charge is -2.02. The Kier molecular flexibility index (Phi) is 5.61. The van der Waals surface area contributed by atoms with Crippen LogP contribution in [0, 0.1) is 0 Å². The Morgan fingerprint density at radius 3 is 2.89 bits per heavy atom. The van der Waals surface area contributed by atoms with Gasteiger partial charge in [0.25, 0.3) is 5.91 Å². The molecule has 0 saturated carbocycles. The average Bonchev–Trinajstić information content (AvgIpc) is 2.78. The number of amides is 1. The quantitative estimate of drug-likeness (QED) is 0.718. The van der Waals surface area contributed by atoms with Gasteiger partial charge in [-0.25, -0.2) is 0 Å². The molecular weight excluding hydrogens is 252 g/mol. The van der Waals surface area contributed by atoms with Crippen molar-refractivity contribution in [3.05, 3.63) is 30.0 Å². The number of benzene rings is 1. The summed E-state index contributed by atoms with van der Waals surface area (Å²) in [5.74, 6) is -0.139. The van der Waals surface area contributed by atoms with E-state index < -0.39 is 0 Å². The Morgan fingerprint density at radius 1 is 1.33 bits per heavy atom. The van der Waals surface area contributed by atoms with Crippen LogP contribution in [0.15, 0.2) is 24.3 Å². The Morgan fingerprint density at radius 2 is 2.11 bits per heavy atom. The molecule has 4 N–H and O–H groups in total. The Balaban J connectivity index is 0.00000162. The van der Waals surface area contributed by atoms with Gasteiger partial charge in [-0.1, -0.05) is 18.2 Å². The van der Waals surface area contributed by atoms with Gasteiger partial charge in [0.05, 0.1) is 5.52 Å². The Labute approximate surface area is 112 Å². The molecule has 0 aliphatic carbocycles. The Bertz CT molecular complexity index is 512. The topological polar surface area (TPSA) is 83.8 Å². The summed E-state index contributed by atoms with van der Waals surface area (Å²) in [4.78, 5) is 11.9. The maximum absolute atomic E-state index is 11.9. The largest absolute Gasteiger partial charge is 0.351 e. The number of fused-ring (bicyclic) bond motifs is 1. The third-order valence-corrected chi connectivity index (χ3v) is 2.60. The van der Waals surface area contributed by atoms with Crippen molar-refractivity contribution >= 4 is 29.2 Å². The van der Waals surface area contributed by atoms with Crippen molar-refractivity contribution in [2.24, 2.45) is 5.73 Å². The SMILES string of the molecule is Cl.NCCCCNC(=O)c1n[nH]c2ccccc12. The van der Waals surface area contributed by atoms with Crippen molar-refractivity contribution in [3.63, 3.8) is 0 Å². The zero-order valence-corrected chi connectivity index (χ0v) is 10.8. The number of para-hydroxylation sites is 1. The van der Waals surface area contributed by atoms with Crippen LogP contribution in [-0.2, 0) is 0 Å². The van der Waals surface area contributed by atoms with E-state index in [1.54, 1.807) is 0 Å². The van der Waals surface area contributed by atoms with E-state index >= 15 is 0 Å². The maximum atomic E-state index is 11.9. The van der Waals surface area contributed by atoms with Crippen LogP contribution >= 0.6 is 12.4 Å². The van der Waals surface area contributed by atoms with Gasteiger partial charge in [0, 0.05) is 11.9 Å². The summed E-state index contributed by atoms with van der Waals surface area (Å²) >= 11 is 0. The van der Waals surface area contributed by atoms with Crippen LogP contribution < -0.4 is 11.1 Å². The van der Waals surface area contributed by atoms with Crippen LogP contribution in [0.3, 0.4) is 0 Å². The highest BCUT2D eigenvalue weighted by Crippen LogP contribution is 2.14. The van der Waals surface area contributed by atoms with Gasteiger partial charge < -0.3 is 11.1 Å². The molecule has 0 aliphatic rings. The maximum Gasteiger partial charge on any atom is 0.272 e. The van der Waals surface area contributed by atoms with E-state index in [0.29, 0.717) is 18.8 Å². The molecule has 0 aliphatic heterocycles. The van der Waals surface area contributed by atoms with Crippen LogP contribution in [0.5, 0.6) is 0 Å². The summed E-state index contributed by atoms with van der Waals surface area (Å²) in [6, 6.07) is 7.58. The number of hydrogen-bond donors (Lipinski definition) is 3. The first-order valence-electron chi connectivity index (χ1n) is 5.74. The van der Waals surface area contributed by atoms with Gasteiger partial charge in [-0.15, -0.1) is 12.4 Å². The van der Waals surface area contributed by atoms with Crippen molar-refractivity contribution in [2.45, 2.75) is 12.8 Å². The second-order valence-corrected chi connectivity index (χ2v) is 3.87. The van der Waals surface area contributed by atoms with Gasteiger partial charge in [0.2, 0.25) is 0 Å². The fourth-order valence-corrected chi connectivity index (χ4v) is 1.69. The number of carbonyl (C=O) groups is 1. The lowest BCUT2D eigenvalue weighted by Crippen LogP contribution is -2.25. The molecule has 1 aromatic carbocycles. The van der Waals surface area contributed by atoms with E-state index in [1.807, 2.05) is 24.3 Å².